The summed E-state index contributed by atoms with van der Waals surface area (Å²) in [5.74, 6) is -0.104. The molecule has 5 heteroatoms. The van der Waals surface area contributed by atoms with Crippen molar-refractivity contribution in [2.75, 3.05) is 5.32 Å². The Balaban J connectivity index is 1.60. The molecule has 0 atom stereocenters. The average Bonchev–Trinajstić information content (AvgIpc) is 2.58. The van der Waals surface area contributed by atoms with E-state index in [0.29, 0.717) is 19.3 Å². The van der Waals surface area contributed by atoms with Crippen molar-refractivity contribution in [2.45, 2.75) is 26.2 Å². The Hall–Kier alpha value is -2.95. The Morgan fingerprint density at radius 2 is 1.79 bits per heavy atom. The molecule has 0 radical (unpaired) electrons. The number of anilines is 1. The zero-order chi connectivity index (χ0) is 16.9. The summed E-state index contributed by atoms with van der Waals surface area (Å²) in [5.41, 5.74) is 7.20. The molecule has 0 aliphatic carbocycles. The zero-order valence-corrected chi connectivity index (χ0v) is 13.5. The smallest absolute Gasteiger partial charge is 0.240 e. The highest BCUT2D eigenvalue weighted by Crippen LogP contribution is 2.15. The third-order valence-electron chi connectivity index (χ3n) is 3.89. The van der Waals surface area contributed by atoms with Gasteiger partial charge in [-0.2, -0.15) is 5.10 Å². The maximum Gasteiger partial charge on any atom is 0.240 e. The molecular weight excluding hydrogens is 302 g/mol. The highest BCUT2D eigenvalue weighted by Gasteiger charge is 2.13. The van der Waals surface area contributed by atoms with Crippen LogP contribution in [-0.2, 0) is 16.0 Å². The van der Waals surface area contributed by atoms with Crippen molar-refractivity contribution in [2.24, 2.45) is 5.10 Å². The molecule has 24 heavy (non-hydrogen) atoms. The summed E-state index contributed by atoms with van der Waals surface area (Å²) in [6.45, 7) is 2.02. The number of nitrogens with one attached hydrogen (secondary N) is 2. The van der Waals surface area contributed by atoms with Crippen LogP contribution in [0.15, 0.2) is 53.6 Å². The molecule has 0 bridgehead atoms. The fourth-order valence-corrected chi connectivity index (χ4v) is 2.52. The first kappa shape index (κ1) is 15.9. The van der Waals surface area contributed by atoms with Crippen LogP contribution in [0.4, 0.5) is 5.69 Å². The lowest BCUT2D eigenvalue weighted by Gasteiger charge is -2.12. The van der Waals surface area contributed by atoms with Crippen molar-refractivity contribution in [3.05, 3.63) is 65.2 Å². The van der Waals surface area contributed by atoms with E-state index in [2.05, 4.69) is 15.8 Å². The molecule has 0 aromatic heterocycles. The third kappa shape index (κ3) is 4.07. The molecule has 0 saturated heterocycles. The molecule has 1 aliphatic heterocycles. The summed E-state index contributed by atoms with van der Waals surface area (Å²) >= 11 is 0. The average molecular weight is 321 g/mol. The van der Waals surface area contributed by atoms with Gasteiger partial charge < -0.3 is 5.32 Å². The van der Waals surface area contributed by atoms with E-state index in [9.17, 15) is 9.59 Å². The van der Waals surface area contributed by atoms with Crippen LogP contribution >= 0.6 is 0 Å². The van der Waals surface area contributed by atoms with Gasteiger partial charge >= 0.3 is 0 Å². The predicted octanol–water partition coefficient (Wildman–Crippen LogP) is 2.79. The number of carbonyl (C=O) groups is 2. The van der Waals surface area contributed by atoms with Crippen molar-refractivity contribution < 1.29 is 9.59 Å². The van der Waals surface area contributed by atoms with Crippen molar-refractivity contribution in [1.29, 1.82) is 0 Å². The second-order valence-corrected chi connectivity index (χ2v) is 5.88. The third-order valence-corrected chi connectivity index (χ3v) is 3.89. The Kier molecular flexibility index (Phi) is 4.70. The standard InChI is InChI=1S/C19H19N3O2/c1-13-2-4-14(5-3-13)12-19(24)20-16-8-6-15(7-9-16)17-10-11-18(23)22-21-17/h2-9H,10-12H2,1H3,(H,20,24)(H,22,23). The fraction of sp³-hybridized carbons (Fsp3) is 0.211. The van der Waals surface area contributed by atoms with Gasteiger partial charge in [0.2, 0.25) is 11.8 Å². The van der Waals surface area contributed by atoms with E-state index in [4.69, 9.17) is 0 Å². The normalized spacial score (nSPS) is 13.9. The first-order chi connectivity index (χ1) is 11.6. The van der Waals surface area contributed by atoms with Gasteiger partial charge in [-0.15, -0.1) is 0 Å². The highest BCUT2D eigenvalue weighted by atomic mass is 16.2. The van der Waals surface area contributed by atoms with Gasteiger partial charge in [-0.25, -0.2) is 5.43 Å². The lowest BCUT2D eigenvalue weighted by molar-refractivity contribution is -0.121. The zero-order valence-electron chi connectivity index (χ0n) is 13.5. The molecule has 0 fully saturated rings. The van der Waals surface area contributed by atoms with Gasteiger partial charge in [-0.1, -0.05) is 42.0 Å². The lowest BCUT2D eigenvalue weighted by Crippen LogP contribution is -2.25. The molecule has 0 saturated carbocycles. The number of benzene rings is 2. The summed E-state index contributed by atoms with van der Waals surface area (Å²) in [6, 6.07) is 15.4. The summed E-state index contributed by atoms with van der Waals surface area (Å²) in [7, 11) is 0. The van der Waals surface area contributed by atoms with Gasteiger partial charge in [0.05, 0.1) is 12.1 Å². The van der Waals surface area contributed by atoms with E-state index >= 15 is 0 Å². The van der Waals surface area contributed by atoms with Crippen LogP contribution in [0, 0.1) is 6.92 Å². The van der Waals surface area contributed by atoms with Crippen molar-refractivity contribution >= 4 is 23.2 Å². The van der Waals surface area contributed by atoms with Crippen LogP contribution in [0.25, 0.3) is 0 Å². The molecule has 1 aliphatic rings. The number of hydrazone groups is 1. The molecule has 0 spiro atoms. The minimum Gasteiger partial charge on any atom is -0.326 e. The van der Waals surface area contributed by atoms with Crippen LogP contribution in [-0.4, -0.2) is 17.5 Å². The van der Waals surface area contributed by atoms with E-state index in [-0.39, 0.29) is 11.8 Å². The molecular formula is C19H19N3O2. The maximum atomic E-state index is 12.1. The quantitative estimate of drug-likeness (QED) is 0.909. The molecule has 2 aromatic carbocycles. The Labute approximate surface area is 140 Å². The first-order valence-electron chi connectivity index (χ1n) is 7.91. The minimum atomic E-state index is -0.0567. The largest absolute Gasteiger partial charge is 0.326 e. The number of carbonyl (C=O) groups excluding carboxylic acids is 2. The van der Waals surface area contributed by atoms with E-state index in [1.807, 2.05) is 55.5 Å². The van der Waals surface area contributed by atoms with Gasteiger partial charge in [0.15, 0.2) is 0 Å². The van der Waals surface area contributed by atoms with Gasteiger partial charge in [0.1, 0.15) is 0 Å². The summed E-state index contributed by atoms with van der Waals surface area (Å²) in [5, 5.41) is 6.96. The van der Waals surface area contributed by atoms with Gasteiger partial charge in [-0.3, -0.25) is 9.59 Å². The minimum absolute atomic E-state index is 0.0473. The monoisotopic (exact) mass is 321 g/mol. The SMILES string of the molecule is Cc1ccc(CC(=O)Nc2ccc(C3=NNC(=O)CC3)cc2)cc1. The second-order valence-electron chi connectivity index (χ2n) is 5.88. The number of nitrogens with zero attached hydrogens (tertiary/aromatic N) is 1. The molecule has 3 rings (SSSR count). The van der Waals surface area contributed by atoms with Crippen LogP contribution in [0.3, 0.4) is 0 Å². The van der Waals surface area contributed by atoms with Crippen LogP contribution < -0.4 is 10.7 Å². The number of rotatable bonds is 4. The van der Waals surface area contributed by atoms with Crippen LogP contribution in [0.1, 0.15) is 29.5 Å². The number of amides is 2. The molecule has 0 unspecified atom stereocenters. The van der Waals surface area contributed by atoms with Crippen LogP contribution in [0.5, 0.6) is 0 Å². The van der Waals surface area contributed by atoms with Gasteiger partial charge in [0, 0.05) is 18.5 Å². The van der Waals surface area contributed by atoms with E-state index in [1.165, 1.54) is 5.56 Å². The Morgan fingerprint density at radius 3 is 2.42 bits per heavy atom. The van der Waals surface area contributed by atoms with Crippen molar-refractivity contribution in [1.82, 2.24) is 5.43 Å². The summed E-state index contributed by atoms with van der Waals surface area (Å²) in [6.07, 6.45) is 1.43. The molecule has 5 nitrogen and oxygen atoms in total. The van der Waals surface area contributed by atoms with Crippen LogP contribution in [0.2, 0.25) is 0 Å². The molecule has 2 N–H and O–H groups in total. The number of aryl methyl sites for hydroxylation is 1. The maximum absolute atomic E-state index is 12.1. The van der Waals surface area contributed by atoms with Gasteiger partial charge in [-0.05, 0) is 30.2 Å². The molecule has 122 valence electrons. The summed E-state index contributed by atoms with van der Waals surface area (Å²) < 4.78 is 0. The lowest BCUT2D eigenvalue weighted by atomic mass is 10.0. The van der Waals surface area contributed by atoms with E-state index < -0.39 is 0 Å². The van der Waals surface area contributed by atoms with Crippen molar-refractivity contribution in [3.8, 4) is 0 Å². The molecule has 1 heterocycles. The first-order valence-corrected chi connectivity index (χ1v) is 7.91. The number of hydrogen-bond donors (Lipinski definition) is 2. The second kappa shape index (κ2) is 7.08. The summed E-state index contributed by atoms with van der Waals surface area (Å²) in [4.78, 5) is 23.2. The fourth-order valence-electron chi connectivity index (χ4n) is 2.52. The number of hydrogen-bond acceptors (Lipinski definition) is 3. The molecule has 2 amide bonds. The molecule has 2 aromatic rings. The topological polar surface area (TPSA) is 70.6 Å². The van der Waals surface area contributed by atoms with E-state index in [0.717, 1.165) is 22.5 Å². The predicted molar refractivity (Wildman–Crippen MR) is 93.9 cm³/mol. The van der Waals surface area contributed by atoms with E-state index in [1.54, 1.807) is 0 Å². The van der Waals surface area contributed by atoms with Gasteiger partial charge in [0.25, 0.3) is 0 Å². The van der Waals surface area contributed by atoms with Crippen molar-refractivity contribution in [3.63, 3.8) is 0 Å². The highest BCUT2D eigenvalue weighted by molar-refractivity contribution is 6.04. The Morgan fingerprint density at radius 1 is 1.08 bits per heavy atom. The Bertz CT molecular complexity index is 777.